The highest BCUT2D eigenvalue weighted by Gasteiger charge is 2.65. The first-order valence-electron chi connectivity index (χ1n) is 8.39. The molecule has 116 valence electrons. The Bertz CT molecular complexity index is 843. The molecule has 2 N–H and O–H groups in total. The molecular formula is C20H19NO2. The molecule has 1 heterocycles. The normalized spacial score (nSPS) is 34.0. The van der Waals surface area contributed by atoms with E-state index in [9.17, 15) is 10.2 Å². The van der Waals surface area contributed by atoms with Gasteiger partial charge in [0, 0.05) is 17.2 Å². The minimum absolute atomic E-state index is 0.0873. The minimum Gasteiger partial charge on any atom is -0.379 e. The Balaban J connectivity index is 1.89. The summed E-state index contributed by atoms with van der Waals surface area (Å²) in [5, 5.41) is 23.4. The van der Waals surface area contributed by atoms with Crippen molar-refractivity contribution in [3.05, 3.63) is 59.7 Å². The molecule has 3 nitrogen and oxygen atoms in total. The van der Waals surface area contributed by atoms with Gasteiger partial charge in [0.15, 0.2) is 5.60 Å². The maximum atomic E-state index is 11.8. The van der Waals surface area contributed by atoms with E-state index in [0.717, 1.165) is 53.6 Å². The molecule has 3 heteroatoms. The van der Waals surface area contributed by atoms with Crippen molar-refractivity contribution >= 4 is 5.71 Å². The van der Waals surface area contributed by atoms with Crippen LogP contribution in [0.15, 0.2) is 53.5 Å². The van der Waals surface area contributed by atoms with Crippen LogP contribution in [0, 0.1) is 5.92 Å². The van der Waals surface area contributed by atoms with Crippen molar-refractivity contribution in [1.29, 1.82) is 0 Å². The molecule has 0 saturated heterocycles. The second kappa shape index (κ2) is 4.31. The van der Waals surface area contributed by atoms with Crippen molar-refractivity contribution in [2.75, 3.05) is 0 Å². The summed E-state index contributed by atoms with van der Waals surface area (Å²) in [6.07, 6.45) is 3.92. The summed E-state index contributed by atoms with van der Waals surface area (Å²) >= 11 is 0. The van der Waals surface area contributed by atoms with Crippen LogP contribution in [-0.4, -0.2) is 15.9 Å². The summed E-state index contributed by atoms with van der Waals surface area (Å²) < 4.78 is 0. The van der Waals surface area contributed by atoms with Crippen molar-refractivity contribution in [3.8, 4) is 11.1 Å². The van der Waals surface area contributed by atoms with Crippen molar-refractivity contribution < 1.29 is 10.2 Å². The molecule has 2 aromatic rings. The van der Waals surface area contributed by atoms with Gasteiger partial charge in [-0.05, 0) is 36.0 Å². The smallest absolute Gasteiger partial charge is 0.216 e. The van der Waals surface area contributed by atoms with Gasteiger partial charge < -0.3 is 10.2 Å². The van der Waals surface area contributed by atoms with Crippen LogP contribution in [0.3, 0.4) is 0 Å². The van der Waals surface area contributed by atoms with Gasteiger partial charge in [-0.1, -0.05) is 55.0 Å². The number of hydrogen-bond donors (Lipinski definition) is 2. The second-order valence-electron chi connectivity index (χ2n) is 6.93. The van der Waals surface area contributed by atoms with E-state index in [1.165, 1.54) is 0 Å². The third-order valence-electron chi connectivity index (χ3n) is 5.85. The Hall–Kier alpha value is -1.97. The molecule has 0 aromatic heterocycles. The molecule has 3 atom stereocenters. The van der Waals surface area contributed by atoms with Gasteiger partial charge in [0.2, 0.25) is 5.72 Å². The lowest BCUT2D eigenvalue weighted by Crippen LogP contribution is -2.52. The number of fused-ring (bicyclic) bond motifs is 8. The highest BCUT2D eigenvalue weighted by atomic mass is 16.4. The number of rotatable bonds is 0. The predicted molar refractivity (Wildman–Crippen MR) is 89.1 cm³/mol. The van der Waals surface area contributed by atoms with Crippen molar-refractivity contribution in [2.45, 2.75) is 37.0 Å². The zero-order valence-corrected chi connectivity index (χ0v) is 12.9. The molecule has 3 aliphatic rings. The SMILES string of the molecule is O[C@]12N=C3CCCC[C@H]3[C@@]1(O)c1ccccc1-c1ccccc12. The monoisotopic (exact) mass is 305 g/mol. The van der Waals surface area contributed by atoms with Gasteiger partial charge in [-0.25, -0.2) is 0 Å². The van der Waals surface area contributed by atoms with E-state index in [1.54, 1.807) is 0 Å². The van der Waals surface area contributed by atoms with Crippen LogP contribution in [0.1, 0.15) is 36.8 Å². The van der Waals surface area contributed by atoms with Crippen molar-refractivity contribution in [3.63, 3.8) is 0 Å². The van der Waals surface area contributed by atoms with Gasteiger partial charge in [-0.15, -0.1) is 0 Å². The molecule has 5 rings (SSSR count). The van der Waals surface area contributed by atoms with Crippen molar-refractivity contribution in [2.24, 2.45) is 10.9 Å². The number of benzene rings is 2. The number of aliphatic imine (C=N–C) groups is 1. The fraction of sp³-hybridized carbons (Fsp3) is 0.350. The molecular weight excluding hydrogens is 286 g/mol. The molecule has 0 amide bonds. The third-order valence-corrected chi connectivity index (χ3v) is 5.85. The van der Waals surface area contributed by atoms with E-state index in [-0.39, 0.29) is 5.92 Å². The Morgan fingerprint density at radius 2 is 1.52 bits per heavy atom. The van der Waals surface area contributed by atoms with Gasteiger partial charge in [0.25, 0.3) is 0 Å². The van der Waals surface area contributed by atoms with Gasteiger partial charge in [-0.3, -0.25) is 4.99 Å². The average Bonchev–Trinajstić information content (AvgIpc) is 2.85. The van der Waals surface area contributed by atoms with Crippen molar-refractivity contribution in [1.82, 2.24) is 0 Å². The topological polar surface area (TPSA) is 52.8 Å². The van der Waals surface area contributed by atoms with Crippen LogP contribution < -0.4 is 0 Å². The van der Waals surface area contributed by atoms with Gasteiger partial charge in [-0.2, -0.15) is 0 Å². The van der Waals surface area contributed by atoms with E-state index < -0.39 is 11.3 Å². The molecule has 23 heavy (non-hydrogen) atoms. The van der Waals surface area contributed by atoms with E-state index in [4.69, 9.17) is 4.99 Å². The lowest BCUT2D eigenvalue weighted by Gasteiger charge is -2.46. The first kappa shape index (κ1) is 13.5. The van der Waals surface area contributed by atoms with Gasteiger partial charge in [0.05, 0.1) is 0 Å². The predicted octanol–water partition coefficient (Wildman–Crippen LogP) is 3.34. The zero-order chi connectivity index (χ0) is 15.7. The van der Waals surface area contributed by atoms with E-state index in [0.29, 0.717) is 0 Å². The molecule has 0 unspecified atom stereocenters. The third kappa shape index (κ3) is 1.45. The Morgan fingerprint density at radius 1 is 0.870 bits per heavy atom. The molecule has 1 fully saturated rings. The first-order valence-corrected chi connectivity index (χ1v) is 8.39. The zero-order valence-electron chi connectivity index (χ0n) is 12.9. The summed E-state index contributed by atoms with van der Waals surface area (Å²) in [4.78, 5) is 4.70. The second-order valence-corrected chi connectivity index (χ2v) is 6.93. The number of aliphatic hydroxyl groups is 2. The van der Waals surface area contributed by atoms with Crippen LogP contribution in [0.25, 0.3) is 11.1 Å². The maximum absolute atomic E-state index is 11.8. The molecule has 0 radical (unpaired) electrons. The van der Waals surface area contributed by atoms with Gasteiger partial charge in [0.1, 0.15) is 0 Å². The van der Waals surface area contributed by atoms with Crippen LogP contribution in [-0.2, 0) is 11.3 Å². The maximum Gasteiger partial charge on any atom is 0.216 e. The fourth-order valence-corrected chi connectivity index (χ4v) is 4.83. The summed E-state index contributed by atoms with van der Waals surface area (Å²) in [5.41, 5.74) is 1.58. The first-order chi connectivity index (χ1) is 11.2. The standard InChI is InChI=1S/C20H19NO2/c22-19-15-9-3-1-7-13(15)14-8-2-4-10-16(14)20(19,23)21-18-12-6-5-11-17(18)19/h1-4,7-10,17,22-23H,5-6,11-12H2/t17-,19+,20+/m1/s1. The number of hydrogen-bond acceptors (Lipinski definition) is 3. The summed E-state index contributed by atoms with van der Waals surface area (Å²) in [6.45, 7) is 0. The molecule has 0 bridgehead atoms. The van der Waals surface area contributed by atoms with Gasteiger partial charge >= 0.3 is 0 Å². The highest BCUT2D eigenvalue weighted by molar-refractivity contribution is 5.94. The number of nitrogens with zero attached hydrogens (tertiary/aromatic N) is 1. The lowest BCUT2D eigenvalue weighted by atomic mass is 9.63. The summed E-state index contributed by atoms with van der Waals surface area (Å²) in [6, 6.07) is 15.7. The van der Waals surface area contributed by atoms with Crippen LogP contribution in [0.5, 0.6) is 0 Å². The van der Waals surface area contributed by atoms with E-state index >= 15 is 0 Å². The van der Waals surface area contributed by atoms with Crippen LogP contribution >= 0.6 is 0 Å². The van der Waals surface area contributed by atoms with Crippen LogP contribution in [0.2, 0.25) is 0 Å². The molecule has 1 saturated carbocycles. The lowest BCUT2D eigenvalue weighted by molar-refractivity contribution is -0.169. The fourth-order valence-electron chi connectivity index (χ4n) is 4.83. The Kier molecular flexibility index (Phi) is 2.52. The molecule has 2 aromatic carbocycles. The Labute approximate surface area is 135 Å². The van der Waals surface area contributed by atoms with Crippen LogP contribution in [0.4, 0.5) is 0 Å². The minimum atomic E-state index is -1.57. The average molecular weight is 305 g/mol. The van der Waals surface area contributed by atoms with E-state index in [1.807, 2.05) is 48.5 Å². The summed E-state index contributed by atoms with van der Waals surface area (Å²) in [7, 11) is 0. The molecule has 2 aliphatic carbocycles. The quantitative estimate of drug-likeness (QED) is 0.784. The molecule has 1 aliphatic heterocycles. The summed E-state index contributed by atoms with van der Waals surface area (Å²) in [5.74, 6) is -0.0873. The largest absolute Gasteiger partial charge is 0.379 e. The molecule has 0 spiro atoms. The Morgan fingerprint density at radius 3 is 2.30 bits per heavy atom. The highest BCUT2D eigenvalue weighted by Crippen LogP contribution is 2.60. The van der Waals surface area contributed by atoms with E-state index in [2.05, 4.69) is 0 Å².